The van der Waals surface area contributed by atoms with E-state index in [0.717, 1.165) is 0 Å². The molecule has 0 amide bonds. The fraction of sp³-hybridized carbons (Fsp3) is 0.333. The number of nitriles is 1. The van der Waals surface area contributed by atoms with Gasteiger partial charge in [0.25, 0.3) is 0 Å². The van der Waals surface area contributed by atoms with Crippen molar-refractivity contribution in [2.45, 2.75) is 39.7 Å². The van der Waals surface area contributed by atoms with Gasteiger partial charge < -0.3 is 9.47 Å². The van der Waals surface area contributed by atoms with E-state index in [4.69, 9.17) is 9.47 Å². The highest BCUT2D eigenvalue weighted by Crippen LogP contribution is 2.55. The van der Waals surface area contributed by atoms with Gasteiger partial charge in [0, 0.05) is 11.3 Å². The molecule has 3 atom stereocenters. The van der Waals surface area contributed by atoms with Crippen LogP contribution in [0, 0.1) is 22.7 Å². The number of nitrogens with zero attached hydrogens (tertiary/aromatic N) is 1. The minimum Gasteiger partial charge on any atom is -0.460 e. The number of rotatable bonds is 6. The van der Waals surface area contributed by atoms with Crippen molar-refractivity contribution in [1.82, 2.24) is 0 Å². The monoisotopic (exact) mass is 375 g/mol. The molecule has 144 valence electrons. The van der Waals surface area contributed by atoms with Gasteiger partial charge in [0.15, 0.2) is 5.92 Å². The molecule has 1 aliphatic rings. The van der Waals surface area contributed by atoms with E-state index in [1.807, 2.05) is 44.2 Å². The maximum absolute atomic E-state index is 12.7. The first kappa shape index (κ1) is 19.7. The van der Waals surface area contributed by atoms with Crippen LogP contribution in [0.4, 0.5) is 0 Å². The predicted molar refractivity (Wildman–Crippen MR) is 108 cm³/mol. The summed E-state index contributed by atoms with van der Waals surface area (Å²) >= 11 is 0. The Hall–Kier alpha value is -3.06. The normalized spacial score (nSPS) is 20.4. The largest absolute Gasteiger partial charge is 0.460 e. The predicted octanol–water partition coefficient (Wildman–Crippen LogP) is 5.62. The van der Waals surface area contributed by atoms with Crippen molar-refractivity contribution < 1.29 is 14.3 Å². The molecule has 2 aromatic carbocycles. The van der Waals surface area contributed by atoms with Gasteiger partial charge in [-0.15, -0.1) is 0 Å². The summed E-state index contributed by atoms with van der Waals surface area (Å²) in [7, 11) is 0. The lowest BCUT2D eigenvalue weighted by Gasteiger charge is -2.12. The molecule has 4 nitrogen and oxygen atoms in total. The van der Waals surface area contributed by atoms with Crippen LogP contribution in [-0.2, 0) is 9.53 Å². The molecule has 0 N–H and O–H groups in total. The first-order valence-electron chi connectivity index (χ1n) is 9.41. The molecular weight excluding hydrogens is 350 g/mol. The van der Waals surface area contributed by atoms with Crippen LogP contribution in [-0.4, -0.2) is 12.1 Å². The van der Waals surface area contributed by atoms with Crippen molar-refractivity contribution in [3.8, 4) is 17.6 Å². The first-order valence-corrected chi connectivity index (χ1v) is 9.41. The van der Waals surface area contributed by atoms with Crippen molar-refractivity contribution in [1.29, 1.82) is 5.26 Å². The average Bonchev–Trinajstić information content (AvgIpc) is 3.15. The number of allylic oxidation sites excluding steroid dienone is 1. The second-order valence-corrected chi connectivity index (χ2v) is 8.00. The molecule has 0 heterocycles. The quantitative estimate of drug-likeness (QED) is 0.486. The molecule has 0 aliphatic heterocycles. The third kappa shape index (κ3) is 4.26. The lowest BCUT2D eigenvalue weighted by Crippen LogP contribution is -2.18. The SMILES string of the molecule is CC(C)=C[C@@H]1[C@@H](OC(=O)[C@@H](C#N)c2cccc(Oc3ccccc3)c2)C1(C)C. The van der Waals surface area contributed by atoms with E-state index in [1.165, 1.54) is 5.57 Å². The molecule has 1 saturated carbocycles. The minimum absolute atomic E-state index is 0.106. The van der Waals surface area contributed by atoms with Gasteiger partial charge in [-0.25, -0.2) is 0 Å². The number of hydrogen-bond donors (Lipinski definition) is 0. The maximum Gasteiger partial charge on any atom is 0.328 e. The number of carbonyl (C=O) groups excluding carboxylic acids is 1. The van der Waals surface area contributed by atoms with E-state index in [0.29, 0.717) is 17.1 Å². The fourth-order valence-electron chi connectivity index (χ4n) is 3.35. The van der Waals surface area contributed by atoms with Crippen LogP contribution in [0.2, 0.25) is 0 Å². The molecule has 2 aromatic rings. The molecule has 3 rings (SSSR count). The maximum atomic E-state index is 12.7. The molecular formula is C24H25NO3. The van der Waals surface area contributed by atoms with Crippen LogP contribution in [0.15, 0.2) is 66.2 Å². The summed E-state index contributed by atoms with van der Waals surface area (Å²) in [6.45, 7) is 8.21. The van der Waals surface area contributed by atoms with Gasteiger partial charge in [-0.2, -0.15) is 5.26 Å². The number of esters is 1. The van der Waals surface area contributed by atoms with Crippen LogP contribution in [0.1, 0.15) is 39.2 Å². The van der Waals surface area contributed by atoms with E-state index in [1.54, 1.807) is 24.3 Å². The highest BCUT2D eigenvalue weighted by molar-refractivity contribution is 5.82. The lowest BCUT2D eigenvalue weighted by atomic mass is 10.0. The van der Waals surface area contributed by atoms with Crippen LogP contribution in [0.3, 0.4) is 0 Å². The third-order valence-electron chi connectivity index (χ3n) is 5.10. The summed E-state index contributed by atoms with van der Waals surface area (Å²) in [5, 5.41) is 9.60. The number of hydrogen-bond acceptors (Lipinski definition) is 4. The van der Waals surface area contributed by atoms with E-state index in [2.05, 4.69) is 26.0 Å². The Morgan fingerprint density at radius 3 is 2.43 bits per heavy atom. The molecule has 0 saturated heterocycles. The average molecular weight is 375 g/mol. The Balaban J connectivity index is 1.73. The van der Waals surface area contributed by atoms with E-state index >= 15 is 0 Å². The van der Waals surface area contributed by atoms with Crippen molar-refractivity contribution in [2.24, 2.45) is 11.3 Å². The molecule has 0 bridgehead atoms. The summed E-state index contributed by atoms with van der Waals surface area (Å²) in [6.07, 6.45) is 1.93. The van der Waals surface area contributed by atoms with Crippen LogP contribution in [0.25, 0.3) is 0 Å². The fourth-order valence-corrected chi connectivity index (χ4v) is 3.35. The van der Waals surface area contributed by atoms with Gasteiger partial charge in [-0.1, -0.05) is 55.8 Å². The van der Waals surface area contributed by atoms with E-state index in [-0.39, 0.29) is 17.4 Å². The molecule has 28 heavy (non-hydrogen) atoms. The van der Waals surface area contributed by atoms with Crippen molar-refractivity contribution >= 4 is 5.97 Å². The third-order valence-corrected chi connectivity index (χ3v) is 5.10. The highest BCUT2D eigenvalue weighted by Gasteiger charge is 2.59. The number of ether oxygens (including phenoxy) is 2. The standard InChI is InChI=1S/C24H25NO3/c1-16(2)13-21-22(24(21,3)4)28-23(26)20(15-25)17-9-8-12-19(14-17)27-18-10-6-5-7-11-18/h5-14,20-22H,1-4H3/t20-,21+,22+/m0/s1. The Bertz CT molecular complexity index is 920. The summed E-state index contributed by atoms with van der Waals surface area (Å²) in [4.78, 5) is 12.7. The first-order chi connectivity index (χ1) is 13.3. The number of carbonyl (C=O) groups is 1. The second-order valence-electron chi connectivity index (χ2n) is 8.00. The summed E-state index contributed by atoms with van der Waals surface area (Å²) < 4.78 is 11.5. The van der Waals surface area contributed by atoms with Gasteiger partial charge in [-0.05, 0) is 43.7 Å². The molecule has 0 unspecified atom stereocenters. The Morgan fingerprint density at radius 2 is 1.79 bits per heavy atom. The Labute approximate surface area is 166 Å². The van der Waals surface area contributed by atoms with Gasteiger partial charge in [0.1, 0.15) is 17.6 Å². The summed E-state index contributed by atoms with van der Waals surface area (Å²) in [6, 6.07) is 18.5. The van der Waals surface area contributed by atoms with Gasteiger partial charge in [-0.3, -0.25) is 4.79 Å². The zero-order chi connectivity index (χ0) is 20.3. The number of para-hydroxylation sites is 1. The number of benzene rings is 2. The van der Waals surface area contributed by atoms with E-state index < -0.39 is 11.9 Å². The highest BCUT2D eigenvalue weighted by atomic mass is 16.6. The van der Waals surface area contributed by atoms with Crippen LogP contribution >= 0.6 is 0 Å². The zero-order valence-corrected chi connectivity index (χ0v) is 16.7. The van der Waals surface area contributed by atoms with Gasteiger partial charge in [0.05, 0.1) is 6.07 Å². The second kappa shape index (κ2) is 7.90. The van der Waals surface area contributed by atoms with Crippen LogP contribution in [0.5, 0.6) is 11.5 Å². The van der Waals surface area contributed by atoms with Crippen LogP contribution < -0.4 is 4.74 Å². The lowest BCUT2D eigenvalue weighted by molar-refractivity contribution is -0.146. The topological polar surface area (TPSA) is 59.3 Å². The summed E-state index contributed by atoms with van der Waals surface area (Å²) in [5.41, 5.74) is 1.66. The molecule has 0 aromatic heterocycles. The Morgan fingerprint density at radius 1 is 1.11 bits per heavy atom. The minimum atomic E-state index is -0.983. The summed E-state index contributed by atoms with van der Waals surface area (Å²) in [5.74, 6) is -0.0374. The Kier molecular flexibility index (Phi) is 5.56. The molecule has 0 radical (unpaired) electrons. The molecule has 1 fully saturated rings. The van der Waals surface area contributed by atoms with Gasteiger partial charge in [0.2, 0.25) is 0 Å². The molecule has 1 aliphatic carbocycles. The van der Waals surface area contributed by atoms with Crippen molar-refractivity contribution in [3.63, 3.8) is 0 Å². The molecule has 4 heteroatoms. The van der Waals surface area contributed by atoms with Crippen molar-refractivity contribution in [3.05, 3.63) is 71.8 Å². The molecule has 0 spiro atoms. The smallest absolute Gasteiger partial charge is 0.328 e. The zero-order valence-electron chi connectivity index (χ0n) is 16.7. The van der Waals surface area contributed by atoms with Crippen molar-refractivity contribution in [2.75, 3.05) is 0 Å². The van der Waals surface area contributed by atoms with E-state index in [9.17, 15) is 10.1 Å². The van der Waals surface area contributed by atoms with Gasteiger partial charge >= 0.3 is 5.97 Å².